The van der Waals surface area contributed by atoms with Gasteiger partial charge in [-0.15, -0.1) is 11.3 Å². The first-order valence-corrected chi connectivity index (χ1v) is 6.56. The Morgan fingerprint density at radius 3 is 3.05 bits per heavy atom. The Bertz CT molecular complexity index is 632. The van der Waals surface area contributed by atoms with E-state index in [1.807, 2.05) is 19.2 Å². The van der Waals surface area contributed by atoms with Gasteiger partial charge in [0, 0.05) is 13.2 Å². The first kappa shape index (κ1) is 13.3. The third-order valence-electron chi connectivity index (χ3n) is 2.50. The van der Waals surface area contributed by atoms with Crippen LogP contribution in [0.2, 0.25) is 0 Å². The lowest BCUT2D eigenvalue weighted by Crippen LogP contribution is -2.23. The second-order valence-corrected chi connectivity index (χ2v) is 4.88. The number of nitrogens with zero attached hydrogens (tertiary/aromatic N) is 2. The molecule has 3 N–H and O–H groups in total. The summed E-state index contributed by atoms with van der Waals surface area (Å²) in [5.41, 5.74) is 6.25. The van der Waals surface area contributed by atoms with Crippen LogP contribution in [-0.4, -0.2) is 22.2 Å². The average molecular weight is 274 g/mol. The van der Waals surface area contributed by atoms with E-state index >= 15 is 0 Å². The molecule has 98 valence electrons. The van der Waals surface area contributed by atoms with Gasteiger partial charge in [0.1, 0.15) is 0 Å². The zero-order valence-corrected chi connectivity index (χ0v) is 11.3. The van der Waals surface area contributed by atoms with Crippen LogP contribution in [0.15, 0.2) is 24.4 Å². The number of hydrogen-bond acceptors (Lipinski definition) is 4. The Labute approximate surface area is 115 Å². The van der Waals surface area contributed by atoms with Crippen molar-refractivity contribution < 1.29 is 4.79 Å². The molecule has 0 aliphatic rings. The lowest BCUT2D eigenvalue weighted by molar-refractivity contribution is 0.0954. The molecule has 0 bridgehead atoms. The van der Waals surface area contributed by atoms with Gasteiger partial charge in [-0.3, -0.25) is 9.48 Å². The molecule has 0 aliphatic heterocycles. The van der Waals surface area contributed by atoms with Gasteiger partial charge in [0.15, 0.2) is 0 Å². The van der Waals surface area contributed by atoms with Crippen LogP contribution in [0.5, 0.6) is 0 Å². The molecular formula is C13H14N4OS. The number of carbonyl (C=O) groups is 1. The third-order valence-corrected chi connectivity index (χ3v) is 3.50. The van der Waals surface area contributed by atoms with Crippen LogP contribution >= 0.6 is 11.3 Å². The predicted octanol–water partition coefficient (Wildman–Crippen LogP) is 0.722. The molecule has 0 aromatic carbocycles. The van der Waals surface area contributed by atoms with Gasteiger partial charge in [-0.05, 0) is 18.2 Å². The smallest absolute Gasteiger partial charge is 0.261 e. The molecule has 0 spiro atoms. The van der Waals surface area contributed by atoms with Gasteiger partial charge >= 0.3 is 0 Å². The van der Waals surface area contributed by atoms with E-state index in [1.54, 1.807) is 16.9 Å². The fourth-order valence-corrected chi connectivity index (χ4v) is 2.30. The number of amides is 1. The number of aromatic nitrogens is 2. The summed E-state index contributed by atoms with van der Waals surface area (Å²) < 4.78 is 1.73. The summed E-state index contributed by atoms with van der Waals surface area (Å²) >= 11 is 1.36. The van der Waals surface area contributed by atoms with Crippen molar-refractivity contribution >= 4 is 17.2 Å². The summed E-state index contributed by atoms with van der Waals surface area (Å²) in [6.45, 7) is 0.775. The molecule has 1 amide bonds. The number of hydrogen-bond donors (Lipinski definition) is 2. The Balaban J connectivity index is 1.96. The quantitative estimate of drug-likeness (QED) is 0.810. The molecule has 0 saturated heterocycles. The maximum atomic E-state index is 11.9. The van der Waals surface area contributed by atoms with Crippen molar-refractivity contribution in [2.75, 3.05) is 6.54 Å². The van der Waals surface area contributed by atoms with E-state index in [1.165, 1.54) is 11.3 Å². The normalized spacial score (nSPS) is 9.79. The summed E-state index contributed by atoms with van der Waals surface area (Å²) in [5, 5.41) is 6.89. The highest BCUT2D eigenvalue weighted by Crippen LogP contribution is 2.15. The zero-order chi connectivity index (χ0) is 13.7. The fraction of sp³-hybridized carbons (Fsp3) is 0.231. The van der Waals surface area contributed by atoms with Gasteiger partial charge in [0.2, 0.25) is 0 Å². The number of nitrogens with two attached hydrogens (primary N) is 1. The summed E-state index contributed by atoms with van der Waals surface area (Å²) in [7, 11) is 1.84. The number of carbonyl (C=O) groups excluding carboxylic acids is 1. The number of nitrogens with one attached hydrogen (secondary N) is 1. The molecule has 0 saturated carbocycles. The van der Waals surface area contributed by atoms with Crippen LogP contribution in [0.25, 0.3) is 0 Å². The maximum Gasteiger partial charge on any atom is 0.261 e. The number of aryl methyl sites for hydroxylation is 1. The van der Waals surface area contributed by atoms with E-state index in [0.717, 1.165) is 10.6 Å². The fourth-order valence-electron chi connectivity index (χ4n) is 1.50. The minimum absolute atomic E-state index is 0.105. The standard InChI is InChI=1S/C13H14N4OS/c1-17-10(6-8-16-17)9-15-13(18)12-5-4-11(19-12)3-2-7-14/h4-6,8H,7,9,14H2,1H3,(H,15,18). The van der Waals surface area contributed by atoms with Gasteiger partial charge in [-0.25, -0.2) is 0 Å². The van der Waals surface area contributed by atoms with E-state index in [0.29, 0.717) is 18.0 Å². The maximum absolute atomic E-state index is 11.9. The number of rotatable bonds is 3. The molecular weight excluding hydrogens is 260 g/mol. The molecule has 2 heterocycles. The van der Waals surface area contributed by atoms with E-state index in [-0.39, 0.29) is 5.91 Å². The molecule has 2 rings (SSSR count). The molecule has 0 atom stereocenters. The van der Waals surface area contributed by atoms with Crippen molar-refractivity contribution in [2.24, 2.45) is 12.8 Å². The van der Waals surface area contributed by atoms with Crippen LogP contribution in [0.4, 0.5) is 0 Å². The Kier molecular flexibility index (Phi) is 4.34. The topological polar surface area (TPSA) is 72.9 Å². The summed E-state index contributed by atoms with van der Waals surface area (Å²) in [6.07, 6.45) is 1.70. The van der Waals surface area contributed by atoms with Crippen LogP contribution in [0, 0.1) is 11.8 Å². The molecule has 0 unspecified atom stereocenters. The van der Waals surface area contributed by atoms with Gasteiger partial charge in [-0.1, -0.05) is 11.8 Å². The highest BCUT2D eigenvalue weighted by Gasteiger charge is 2.09. The molecule has 0 radical (unpaired) electrons. The molecule has 0 fully saturated rings. The molecule has 19 heavy (non-hydrogen) atoms. The minimum Gasteiger partial charge on any atom is -0.346 e. The van der Waals surface area contributed by atoms with E-state index in [4.69, 9.17) is 5.73 Å². The number of thiophene rings is 1. The van der Waals surface area contributed by atoms with E-state index in [2.05, 4.69) is 22.3 Å². The summed E-state index contributed by atoms with van der Waals surface area (Å²) in [5.74, 6) is 5.57. The van der Waals surface area contributed by atoms with Crippen molar-refractivity contribution in [1.82, 2.24) is 15.1 Å². The minimum atomic E-state index is -0.105. The van der Waals surface area contributed by atoms with Crippen LogP contribution < -0.4 is 11.1 Å². The average Bonchev–Trinajstić information content (AvgIpc) is 3.03. The van der Waals surface area contributed by atoms with Crippen molar-refractivity contribution in [3.05, 3.63) is 39.8 Å². The summed E-state index contributed by atoms with van der Waals surface area (Å²) in [6, 6.07) is 5.46. The molecule has 2 aromatic heterocycles. The summed E-state index contributed by atoms with van der Waals surface area (Å²) in [4.78, 5) is 13.4. The third kappa shape index (κ3) is 3.44. The van der Waals surface area contributed by atoms with Crippen molar-refractivity contribution in [2.45, 2.75) is 6.54 Å². The van der Waals surface area contributed by atoms with E-state index < -0.39 is 0 Å². The lowest BCUT2D eigenvalue weighted by Gasteiger charge is -2.03. The highest BCUT2D eigenvalue weighted by atomic mass is 32.1. The highest BCUT2D eigenvalue weighted by molar-refractivity contribution is 7.14. The van der Waals surface area contributed by atoms with Crippen molar-refractivity contribution in [3.8, 4) is 11.8 Å². The van der Waals surface area contributed by atoms with Crippen LogP contribution in [-0.2, 0) is 13.6 Å². The largest absolute Gasteiger partial charge is 0.346 e. The Morgan fingerprint density at radius 1 is 1.53 bits per heavy atom. The van der Waals surface area contributed by atoms with Crippen LogP contribution in [0.1, 0.15) is 20.2 Å². The molecule has 2 aromatic rings. The zero-order valence-electron chi connectivity index (χ0n) is 10.5. The molecule has 5 nitrogen and oxygen atoms in total. The van der Waals surface area contributed by atoms with Gasteiger partial charge < -0.3 is 11.1 Å². The second kappa shape index (κ2) is 6.18. The first-order valence-electron chi connectivity index (χ1n) is 5.74. The Morgan fingerprint density at radius 2 is 2.37 bits per heavy atom. The van der Waals surface area contributed by atoms with Crippen molar-refractivity contribution in [1.29, 1.82) is 0 Å². The first-order chi connectivity index (χ1) is 9.20. The van der Waals surface area contributed by atoms with Gasteiger partial charge in [-0.2, -0.15) is 5.10 Å². The molecule has 6 heteroatoms. The molecule has 0 aliphatic carbocycles. The predicted molar refractivity (Wildman–Crippen MR) is 74.6 cm³/mol. The Hall–Kier alpha value is -2.10. The van der Waals surface area contributed by atoms with Crippen LogP contribution in [0.3, 0.4) is 0 Å². The lowest BCUT2D eigenvalue weighted by atomic mass is 10.3. The second-order valence-electron chi connectivity index (χ2n) is 3.80. The van der Waals surface area contributed by atoms with E-state index in [9.17, 15) is 4.79 Å². The SMILES string of the molecule is Cn1nccc1CNC(=O)c1ccc(C#CCN)s1. The van der Waals surface area contributed by atoms with Gasteiger partial charge in [0.05, 0.1) is 28.5 Å². The van der Waals surface area contributed by atoms with Gasteiger partial charge in [0.25, 0.3) is 5.91 Å². The monoisotopic (exact) mass is 274 g/mol. The van der Waals surface area contributed by atoms with Crippen molar-refractivity contribution in [3.63, 3.8) is 0 Å².